The van der Waals surface area contributed by atoms with Crippen LogP contribution in [0.25, 0.3) is 0 Å². The monoisotopic (exact) mass is 296 g/mol. The maximum Gasteiger partial charge on any atom is 0.240 e. The normalized spacial score (nSPS) is 10.6. The third-order valence-corrected chi connectivity index (χ3v) is 2.98. The van der Waals surface area contributed by atoms with Crippen molar-refractivity contribution in [3.8, 4) is 0 Å². The Morgan fingerprint density at radius 1 is 1.15 bits per heavy atom. The molecule has 0 saturated carbocycles. The summed E-state index contributed by atoms with van der Waals surface area (Å²) in [6, 6.07) is 8.67. The summed E-state index contributed by atoms with van der Waals surface area (Å²) in [6.45, 7) is 3.96. The third kappa shape index (κ3) is 4.59. The molecule has 1 aromatic carbocycles. The van der Waals surface area contributed by atoms with Gasteiger partial charge in [-0.2, -0.15) is 4.98 Å². The Kier molecular flexibility index (Phi) is 6.64. The molecular weight excluding hydrogens is 276 g/mol. The van der Waals surface area contributed by atoms with E-state index in [1.165, 1.54) is 11.1 Å². The molecule has 0 radical (unpaired) electrons. The number of hydrogen-bond acceptors (Lipinski definition) is 5. The van der Waals surface area contributed by atoms with Gasteiger partial charge in [-0.1, -0.05) is 36.3 Å². The molecule has 2 rings (SSSR count). The molecule has 5 nitrogen and oxygen atoms in total. The number of rotatable bonds is 6. The first-order chi connectivity index (χ1) is 9.21. The van der Waals surface area contributed by atoms with E-state index in [-0.39, 0.29) is 19.0 Å². The second-order valence-electron chi connectivity index (χ2n) is 4.65. The molecule has 1 aromatic heterocycles. The molecule has 0 aliphatic heterocycles. The van der Waals surface area contributed by atoms with Gasteiger partial charge in [0.05, 0.1) is 13.1 Å². The van der Waals surface area contributed by atoms with E-state index in [1.807, 2.05) is 7.05 Å². The first-order valence-electron chi connectivity index (χ1n) is 6.49. The lowest BCUT2D eigenvalue weighted by Crippen LogP contribution is -2.18. The van der Waals surface area contributed by atoms with Gasteiger partial charge in [-0.05, 0) is 24.6 Å². The highest BCUT2D eigenvalue weighted by Crippen LogP contribution is 2.09. The zero-order valence-corrected chi connectivity index (χ0v) is 12.7. The molecule has 0 fully saturated rings. The smallest absolute Gasteiger partial charge is 0.240 e. The molecule has 0 amide bonds. The maximum atomic E-state index is 5.43. The van der Waals surface area contributed by atoms with E-state index in [2.05, 4.69) is 46.2 Å². The Morgan fingerprint density at radius 3 is 2.35 bits per heavy atom. The van der Waals surface area contributed by atoms with Gasteiger partial charge in [0, 0.05) is 6.54 Å². The van der Waals surface area contributed by atoms with Crippen LogP contribution in [0.4, 0.5) is 0 Å². The van der Waals surface area contributed by atoms with Crippen LogP contribution in [0.2, 0.25) is 0 Å². The second kappa shape index (κ2) is 7.99. The van der Waals surface area contributed by atoms with Crippen molar-refractivity contribution in [3.63, 3.8) is 0 Å². The largest absolute Gasteiger partial charge is 0.338 e. The number of benzene rings is 1. The molecule has 0 atom stereocenters. The van der Waals surface area contributed by atoms with E-state index in [1.54, 1.807) is 0 Å². The van der Waals surface area contributed by atoms with Crippen molar-refractivity contribution in [1.29, 1.82) is 0 Å². The van der Waals surface area contributed by atoms with Crippen LogP contribution in [-0.2, 0) is 26.1 Å². The van der Waals surface area contributed by atoms with Crippen LogP contribution in [0.3, 0.4) is 0 Å². The number of halogens is 1. The van der Waals surface area contributed by atoms with Crippen LogP contribution in [0.5, 0.6) is 0 Å². The lowest BCUT2D eigenvalue weighted by atomic mass is 10.1. The summed E-state index contributed by atoms with van der Waals surface area (Å²) in [7, 11) is 2.03. The summed E-state index contributed by atoms with van der Waals surface area (Å²) in [6.07, 6.45) is 1.07. The quantitative estimate of drug-likeness (QED) is 0.884. The Bertz CT molecular complexity index is 512. The minimum absolute atomic E-state index is 0. The van der Waals surface area contributed by atoms with Crippen LogP contribution in [0.15, 0.2) is 28.8 Å². The lowest BCUT2D eigenvalue weighted by molar-refractivity contribution is 0.300. The topological polar surface area (TPSA) is 68.2 Å². The summed E-state index contributed by atoms with van der Waals surface area (Å²) < 4.78 is 4.98. The van der Waals surface area contributed by atoms with Gasteiger partial charge in [-0.3, -0.25) is 4.90 Å². The van der Waals surface area contributed by atoms with Crippen molar-refractivity contribution in [1.82, 2.24) is 15.0 Å². The molecule has 2 aromatic rings. The maximum absolute atomic E-state index is 5.43. The average molecular weight is 297 g/mol. The molecule has 0 bridgehead atoms. The summed E-state index contributed by atoms with van der Waals surface area (Å²) in [5.74, 6) is 1.16. The summed E-state index contributed by atoms with van der Waals surface area (Å²) in [5, 5.41) is 3.89. The van der Waals surface area contributed by atoms with E-state index in [9.17, 15) is 0 Å². The molecule has 0 spiro atoms. The van der Waals surface area contributed by atoms with Crippen molar-refractivity contribution in [2.24, 2.45) is 5.73 Å². The van der Waals surface area contributed by atoms with Crippen LogP contribution in [0, 0.1) is 0 Å². The first-order valence-corrected chi connectivity index (χ1v) is 6.49. The second-order valence-corrected chi connectivity index (χ2v) is 4.65. The molecule has 0 unspecified atom stereocenters. The molecule has 110 valence electrons. The van der Waals surface area contributed by atoms with Crippen LogP contribution in [-0.4, -0.2) is 22.1 Å². The fourth-order valence-corrected chi connectivity index (χ4v) is 1.93. The highest BCUT2D eigenvalue weighted by Gasteiger charge is 2.08. The SMILES string of the molecule is CCc1ccc(CN(C)Cc2noc(CN)n2)cc1.Cl. The predicted molar refractivity (Wildman–Crippen MR) is 80.4 cm³/mol. The fraction of sp³-hybridized carbons (Fsp3) is 0.429. The van der Waals surface area contributed by atoms with Gasteiger partial charge in [0.25, 0.3) is 0 Å². The molecular formula is C14H21ClN4O. The molecule has 0 aliphatic rings. The first kappa shape index (κ1) is 16.6. The number of aryl methyl sites for hydroxylation is 1. The van der Waals surface area contributed by atoms with Gasteiger partial charge in [0.15, 0.2) is 5.82 Å². The predicted octanol–water partition coefficient (Wildman–Crippen LogP) is 2.14. The third-order valence-electron chi connectivity index (χ3n) is 2.98. The number of nitrogens with two attached hydrogens (primary N) is 1. The van der Waals surface area contributed by atoms with Crippen molar-refractivity contribution < 1.29 is 4.52 Å². The molecule has 1 heterocycles. The Hall–Kier alpha value is -1.43. The minimum atomic E-state index is 0. The number of nitrogens with zero attached hydrogens (tertiary/aromatic N) is 3. The van der Waals surface area contributed by atoms with Gasteiger partial charge < -0.3 is 10.3 Å². The van der Waals surface area contributed by atoms with Crippen molar-refractivity contribution in [2.45, 2.75) is 33.0 Å². The van der Waals surface area contributed by atoms with Gasteiger partial charge in [0.1, 0.15) is 0 Å². The average Bonchev–Trinajstić information content (AvgIpc) is 2.87. The van der Waals surface area contributed by atoms with Crippen LogP contribution >= 0.6 is 12.4 Å². The standard InChI is InChI=1S/C14H20N4O.ClH/c1-3-11-4-6-12(7-5-11)9-18(2)10-13-16-14(8-15)19-17-13;/h4-7H,3,8-10,15H2,1-2H3;1H. The zero-order chi connectivity index (χ0) is 13.7. The number of hydrogen-bond donors (Lipinski definition) is 1. The Morgan fingerprint density at radius 2 is 1.80 bits per heavy atom. The summed E-state index contributed by atoms with van der Waals surface area (Å²) in [5.41, 5.74) is 8.07. The fourth-order valence-electron chi connectivity index (χ4n) is 1.93. The molecule has 2 N–H and O–H groups in total. The van der Waals surface area contributed by atoms with E-state index in [0.29, 0.717) is 18.3 Å². The van der Waals surface area contributed by atoms with Crippen molar-refractivity contribution in [3.05, 3.63) is 47.1 Å². The molecule has 0 saturated heterocycles. The summed E-state index contributed by atoms with van der Waals surface area (Å²) >= 11 is 0. The van der Waals surface area contributed by atoms with E-state index in [0.717, 1.165) is 13.0 Å². The highest BCUT2D eigenvalue weighted by atomic mass is 35.5. The number of aromatic nitrogens is 2. The van der Waals surface area contributed by atoms with Gasteiger partial charge in [0.2, 0.25) is 5.89 Å². The molecule has 6 heteroatoms. The lowest BCUT2D eigenvalue weighted by Gasteiger charge is -2.14. The van der Waals surface area contributed by atoms with Crippen molar-refractivity contribution >= 4 is 12.4 Å². The summed E-state index contributed by atoms with van der Waals surface area (Å²) in [4.78, 5) is 6.34. The minimum Gasteiger partial charge on any atom is -0.338 e. The molecule has 0 aliphatic carbocycles. The Labute approximate surface area is 125 Å². The van der Waals surface area contributed by atoms with E-state index >= 15 is 0 Å². The highest BCUT2D eigenvalue weighted by molar-refractivity contribution is 5.85. The van der Waals surface area contributed by atoms with Gasteiger partial charge in [-0.25, -0.2) is 0 Å². The Balaban J connectivity index is 0.00000200. The van der Waals surface area contributed by atoms with Gasteiger partial charge >= 0.3 is 0 Å². The van der Waals surface area contributed by atoms with E-state index in [4.69, 9.17) is 10.3 Å². The van der Waals surface area contributed by atoms with E-state index < -0.39 is 0 Å². The van der Waals surface area contributed by atoms with Crippen LogP contribution < -0.4 is 5.73 Å². The van der Waals surface area contributed by atoms with Gasteiger partial charge in [-0.15, -0.1) is 12.4 Å². The zero-order valence-electron chi connectivity index (χ0n) is 11.9. The van der Waals surface area contributed by atoms with Crippen molar-refractivity contribution in [2.75, 3.05) is 7.05 Å². The molecule has 20 heavy (non-hydrogen) atoms. The van der Waals surface area contributed by atoms with Crippen LogP contribution in [0.1, 0.15) is 29.8 Å².